The number of halogens is 1. The molecule has 2 N–H and O–H groups in total. The van der Waals surface area contributed by atoms with E-state index in [0.29, 0.717) is 22.1 Å². The number of hydrogen-bond donors (Lipinski definition) is 2. The fourth-order valence-electron chi connectivity index (χ4n) is 4.80. The van der Waals surface area contributed by atoms with Gasteiger partial charge in [-0.15, -0.1) is 10.2 Å². The van der Waals surface area contributed by atoms with Gasteiger partial charge in [0, 0.05) is 48.0 Å². The molecule has 0 aliphatic carbocycles. The Morgan fingerprint density at radius 3 is 2.33 bits per heavy atom. The number of anilines is 1. The Balaban J connectivity index is 1.38. The first-order chi connectivity index (χ1) is 21.7. The van der Waals surface area contributed by atoms with Crippen molar-refractivity contribution in [1.82, 2.24) is 24.6 Å². The molecule has 11 heteroatoms. The number of amides is 2. The Bertz CT molecular complexity index is 1850. The van der Waals surface area contributed by atoms with Crippen LogP contribution in [0.15, 0.2) is 102 Å². The molecule has 0 fully saturated rings. The lowest BCUT2D eigenvalue weighted by atomic mass is 9.99. The van der Waals surface area contributed by atoms with Gasteiger partial charge in [-0.2, -0.15) is 0 Å². The summed E-state index contributed by atoms with van der Waals surface area (Å²) < 4.78 is 8.87. The summed E-state index contributed by atoms with van der Waals surface area (Å²) in [6.45, 7) is 3.92. The fourth-order valence-corrected chi connectivity index (χ4v) is 5.00. The molecule has 5 rings (SSSR count). The van der Waals surface area contributed by atoms with Crippen LogP contribution in [-0.2, 0) is 29.6 Å². The second-order valence-electron chi connectivity index (χ2n) is 10.9. The smallest absolute Gasteiger partial charge is 0.408 e. The average molecular weight is 625 g/mol. The van der Waals surface area contributed by atoms with Crippen molar-refractivity contribution < 1.29 is 14.3 Å². The molecule has 3 aromatic carbocycles. The van der Waals surface area contributed by atoms with Crippen LogP contribution in [0.2, 0.25) is 5.02 Å². The van der Waals surface area contributed by atoms with Crippen LogP contribution >= 0.6 is 11.6 Å². The molecule has 0 unspecified atom stereocenters. The summed E-state index contributed by atoms with van der Waals surface area (Å²) in [7, 11) is 1.85. The number of benzene rings is 3. The summed E-state index contributed by atoms with van der Waals surface area (Å²) in [6.07, 6.45) is 2.75. The first-order valence-corrected chi connectivity index (χ1v) is 14.8. The molecule has 2 amide bonds. The van der Waals surface area contributed by atoms with Crippen molar-refractivity contribution in [3.8, 4) is 22.5 Å². The molecule has 230 valence electrons. The molecule has 0 radical (unpaired) electrons. The lowest BCUT2D eigenvalue weighted by Gasteiger charge is -2.20. The third-order valence-electron chi connectivity index (χ3n) is 7.24. The minimum Gasteiger partial charge on any atom is -0.445 e. The first kappa shape index (κ1) is 31.2. The van der Waals surface area contributed by atoms with Gasteiger partial charge >= 0.3 is 6.09 Å². The van der Waals surface area contributed by atoms with Gasteiger partial charge in [0.2, 0.25) is 5.91 Å². The van der Waals surface area contributed by atoms with Crippen LogP contribution in [0.1, 0.15) is 31.0 Å². The number of ether oxygens (including phenoxy) is 1. The van der Waals surface area contributed by atoms with Crippen molar-refractivity contribution in [1.29, 1.82) is 0 Å². The SMILES string of the molecule is CC(C)n1cc(-c2ccc(Cl)c(C[C@H](NC(=O)OCc3ccccc3)C(=O)Nc3ccc(-c4nncn4C)cc3)c2)ccc1=O. The topological polar surface area (TPSA) is 120 Å². The molecule has 0 aliphatic rings. The zero-order chi connectivity index (χ0) is 31.9. The van der Waals surface area contributed by atoms with E-state index < -0.39 is 18.0 Å². The number of pyridine rings is 1. The molecule has 0 spiro atoms. The lowest BCUT2D eigenvalue weighted by molar-refractivity contribution is -0.118. The van der Waals surface area contributed by atoms with Crippen molar-refractivity contribution in [2.45, 2.75) is 39.0 Å². The van der Waals surface area contributed by atoms with E-state index in [-0.39, 0.29) is 24.6 Å². The number of rotatable bonds is 10. The summed E-state index contributed by atoms with van der Waals surface area (Å²) in [5.74, 6) is 0.236. The molecule has 0 aliphatic heterocycles. The summed E-state index contributed by atoms with van der Waals surface area (Å²) >= 11 is 6.61. The van der Waals surface area contributed by atoms with E-state index in [1.165, 1.54) is 6.07 Å². The lowest BCUT2D eigenvalue weighted by Crippen LogP contribution is -2.45. The third-order valence-corrected chi connectivity index (χ3v) is 7.61. The molecule has 45 heavy (non-hydrogen) atoms. The number of carbonyl (C=O) groups excluding carboxylic acids is 2. The van der Waals surface area contributed by atoms with Crippen LogP contribution in [-0.4, -0.2) is 37.4 Å². The Kier molecular flexibility index (Phi) is 9.74. The summed E-state index contributed by atoms with van der Waals surface area (Å²) in [5.41, 5.74) is 4.36. The fraction of sp³-hybridized carbons (Fsp3) is 0.206. The van der Waals surface area contributed by atoms with E-state index in [1.54, 1.807) is 45.9 Å². The van der Waals surface area contributed by atoms with Gasteiger partial charge in [-0.25, -0.2) is 4.79 Å². The zero-order valence-corrected chi connectivity index (χ0v) is 25.9. The Morgan fingerprint density at radius 2 is 1.64 bits per heavy atom. The number of nitrogens with zero attached hydrogens (tertiary/aromatic N) is 4. The number of alkyl carbamates (subject to hydrolysis) is 1. The molecule has 1 atom stereocenters. The van der Waals surface area contributed by atoms with Crippen LogP contribution in [0.4, 0.5) is 10.5 Å². The van der Waals surface area contributed by atoms with Gasteiger partial charge in [0.25, 0.3) is 5.56 Å². The molecule has 0 bridgehead atoms. The number of nitrogens with one attached hydrogen (secondary N) is 2. The van der Waals surface area contributed by atoms with Gasteiger partial charge in [0.15, 0.2) is 5.82 Å². The minimum atomic E-state index is -1.02. The highest BCUT2D eigenvalue weighted by atomic mass is 35.5. The van der Waals surface area contributed by atoms with Crippen molar-refractivity contribution in [3.63, 3.8) is 0 Å². The van der Waals surface area contributed by atoms with Crippen molar-refractivity contribution in [2.24, 2.45) is 7.05 Å². The second kappa shape index (κ2) is 14.0. The summed E-state index contributed by atoms with van der Waals surface area (Å²) in [5, 5.41) is 14.1. The van der Waals surface area contributed by atoms with E-state index >= 15 is 0 Å². The third kappa shape index (κ3) is 7.84. The molecule has 2 heterocycles. The van der Waals surface area contributed by atoms with Crippen LogP contribution < -0.4 is 16.2 Å². The molecule has 0 saturated carbocycles. The first-order valence-electron chi connectivity index (χ1n) is 14.4. The molecule has 10 nitrogen and oxygen atoms in total. The van der Waals surface area contributed by atoms with E-state index in [4.69, 9.17) is 16.3 Å². The molecular weight excluding hydrogens is 592 g/mol. The number of aryl methyl sites for hydroxylation is 1. The quantitative estimate of drug-likeness (QED) is 0.196. The highest BCUT2D eigenvalue weighted by Gasteiger charge is 2.24. The van der Waals surface area contributed by atoms with E-state index in [0.717, 1.165) is 22.3 Å². The maximum Gasteiger partial charge on any atom is 0.408 e. The van der Waals surface area contributed by atoms with Gasteiger partial charge in [0.05, 0.1) is 0 Å². The zero-order valence-electron chi connectivity index (χ0n) is 25.1. The Labute approximate surface area is 265 Å². The predicted octanol–water partition coefficient (Wildman–Crippen LogP) is 6.02. The summed E-state index contributed by atoms with van der Waals surface area (Å²) in [6, 6.07) is 24.1. The molecule has 5 aromatic rings. The van der Waals surface area contributed by atoms with Gasteiger partial charge in [0.1, 0.15) is 19.0 Å². The van der Waals surface area contributed by atoms with Crippen LogP contribution in [0.25, 0.3) is 22.5 Å². The van der Waals surface area contributed by atoms with Crippen molar-refractivity contribution in [3.05, 3.63) is 124 Å². The summed E-state index contributed by atoms with van der Waals surface area (Å²) in [4.78, 5) is 38.8. The van der Waals surface area contributed by atoms with Crippen LogP contribution in [0.3, 0.4) is 0 Å². The Hall–Kier alpha value is -5.22. The average Bonchev–Trinajstić information content (AvgIpc) is 3.47. The standard InChI is InChI=1S/C34H33ClN6O4/c1-22(2)41-19-26(12-16-31(41)42)25-11-15-29(35)27(17-25)18-30(38-34(44)45-20-23-7-5-4-6-8-23)33(43)37-28-13-9-24(10-14-28)32-39-36-21-40(32)3/h4-17,19,21-22,30H,18,20H2,1-3H3,(H,37,43)(H,38,44)/t30-/m0/s1. The normalized spacial score (nSPS) is 11.7. The monoisotopic (exact) mass is 624 g/mol. The van der Waals surface area contributed by atoms with E-state index in [9.17, 15) is 14.4 Å². The van der Waals surface area contributed by atoms with E-state index in [2.05, 4.69) is 20.8 Å². The predicted molar refractivity (Wildman–Crippen MR) is 174 cm³/mol. The minimum absolute atomic E-state index is 0.0159. The largest absolute Gasteiger partial charge is 0.445 e. The van der Waals surface area contributed by atoms with Crippen molar-refractivity contribution >= 4 is 29.3 Å². The Morgan fingerprint density at radius 1 is 0.933 bits per heavy atom. The number of hydrogen-bond acceptors (Lipinski definition) is 6. The van der Waals surface area contributed by atoms with Gasteiger partial charge < -0.3 is 24.5 Å². The maximum absolute atomic E-state index is 13.6. The molecule has 0 saturated heterocycles. The van der Waals surface area contributed by atoms with E-state index in [1.807, 2.05) is 75.5 Å². The maximum atomic E-state index is 13.6. The van der Waals surface area contributed by atoms with Crippen LogP contribution in [0.5, 0.6) is 0 Å². The van der Waals surface area contributed by atoms with Crippen molar-refractivity contribution in [2.75, 3.05) is 5.32 Å². The highest BCUT2D eigenvalue weighted by Crippen LogP contribution is 2.27. The second-order valence-corrected chi connectivity index (χ2v) is 11.3. The van der Waals surface area contributed by atoms with Gasteiger partial charge in [-0.05, 0) is 78.6 Å². The van der Waals surface area contributed by atoms with Crippen LogP contribution in [0, 0.1) is 0 Å². The number of aromatic nitrogens is 4. The molecular formula is C34H33ClN6O4. The van der Waals surface area contributed by atoms with Gasteiger partial charge in [-0.1, -0.05) is 48.0 Å². The highest BCUT2D eigenvalue weighted by molar-refractivity contribution is 6.31. The van der Waals surface area contributed by atoms with Gasteiger partial charge in [-0.3, -0.25) is 9.59 Å². The molecule has 2 aromatic heterocycles. The number of carbonyl (C=O) groups is 2.